The van der Waals surface area contributed by atoms with Crippen molar-refractivity contribution in [3.8, 4) is 0 Å². The molecule has 0 heterocycles. The minimum Gasteiger partial charge on any atom is -0.480 e. The molecule has 1 rings (SSSR count). The van der Waals surface area contributed by atoms with Gasteiger partial charge in [-0.25, -0.2) is 14.6 Å². The number of carboxylic acids is 1. The van der Waals surface area contributed by atoms with Crippen molar-refractivity contribution in [1.82, 2.24) is 0 Å². The van der Waals surface area contributed by atoms with Gasteiger partial charge in [0.2, 0.25) is 0 Å². The number of anilines is 1. The lowest BCUT2D eigenvalue weighted by molar-refractivity contribution is -0.135. The standard InChI is InChI=1S/C8H8F2N2O2/c9-5-1-2-7(6(10)3-5)12(11)4-8(13)14/h1-3H,4,11H2,(H,13,14). The van der Waals surface area contributed by atoms with Gasteiger partial charge in [-0.15, -0.1) is 0 Å². The van der Waals surface area contributed by atoms with E-state index in [1.165, 1.54) is 0 Å². The van der Waals surface area contributed by atoms with E-state index in [0.29, 0.717) is 11.1 Å². The Morgan fingerprint density at radius 2 is 2.14 bits per heavy atom. The first-order valence-electron chi connectivity index (χ1n) is 3.70. The fraction of sp³-hybridized carbons (Fsp3) is 0.125. The molecule has 0 saturated heterocycles. The molecule has 0 fully saturated rings. The van der Waals surface area contributed by atoms with Crippen LogP contribution in [0.25, 0.3) is 0 Å². The van der Waals surface area contributed by atoms with Gasteiger partial charge < -0.3 is 5.11 Å². The van der Waals surface area contributed by atoms with E-state index in [4.69, 9.17) is 10.9 Å². The van der Waals surface area contributed by atoms with Gasteiger partial charge in [0.15, 0.2) is 5.82 Å². The largest absolute Gasteiger partial charge is 0.480 e. The zero-order valence-corrected chi connectivity index (χ0v) is 7.08. The number of nitrogens with zero attached hydrogens (tertiary/aromatic N) is 1. The second-order valence-corrected chi connectivity index (χ2v) is 2.62. The smallest absolute Gasteiger partial charge is 0.324 e. The van der Waals surface area contributed by atoms with Crippen molar-refractivity contribution in [1.29, 1.82) is 0 Å². The average molecular weight is 202 g/mol. The zero-order valence-electron chi connectivity index (χ0n) is 7.08. The van der Waals surface area contributed by atoms with Crippen molar-refractivity contribution < 1.29 is 18.7 Å². The topological polar surface area (TPSA) is 66.6 Å². The molecule has 0 radical (unpaired) electrons. The van der Waals surface area contributed by atoms with Gasteiger partial charge in [0, 0.05) is 6.07 Å². The Morgan fingerprint density at radius 1 is 1.50 bits per heavy atom. The molecule has 0 saturated carbocycles. The van der Waals surface area contributed by atoms with Gasteiger partial charge in [0.05, 0.1) is 5.69 Å². The number of hydrazine groups is 1. The van der Waals surface area contributed by atoms with Crippen molar-refractivity contribution in [2.24, 2.45) is 5.84 Å². The lowest BCUT2D eigenvalue weighted by atomic mass is 10.3. The number of carboxylic acid groups (broad SMARTS) is 1. The fourth-order valence-electron chi connectivity index (χ4n) is 0.945. The van der Waals surface area contributed by atoms with E-state index < -0.39 is 24.1 Å². The number of halogens is 2. The molecule has 1 aromatic rings. The molecule has 6 heteroatoms. The molecule has 0 aliphatic carbocycles. The van der Waals surface area contributed by atoms with Crippen LogP contribution in [0, 0.1) is 11.6 Å². The zero-order chi connectivity index (χ0) is 10.7. The first-order valence-corrected chi connectivity index (χ1v) is 3.70. The molecule has 0 amide bonds. The van der Waals surface area contributed by atoms with Crippen LogP contribution in [-0.2, 0) is 4.79 Å². The van der Waals surface area contributed by atoms with E-state index in [9.17, 15) is 13.6 Å². The Morgan fingerprint density at radius 3 is 2.64 bits per heavy atom. The highest BCUT2D eigenvalue weighted by atomic mass is 19.1. The molecule has 0 aromatic heterocycles. The summed E-state index contributed by atoms with van der Waals surface area (Å²) in [6.07, 6.45) is 0. The maximum Gasteiger partial charge on any atom is 0.324 e. The summed E-state index contributed by atoms with van der Waals surface area (Å²) < 4.78 is 25.5. The summed E-state index contributed by atoms with van der Waals surface area (Å²) in [5.41, 5.74) is -0.159. The third-order valence-electron chi connectivity index (χ3n) is 1.52. The Balaban J connectivity index is 2.90. The third kappa shape index (κ3) is 2.40. The van der Waals surface area contributed by atoms with Crippen molar-refractivity contribution in [3.63, 3.8) is 0 Å². The van der Waals surface area contributed by atoms with Gasteiger partial charge in [-0.05, 0) is 12.1 Å². The van der Waals surface area contributed by atoms with E-state index in [1.54, 1.807) is 0 Å². The van der Waals surface area contributed by atoms with Gasteiger partial charge in [-0.3, -0.25) is 9.80 Å². The van der Waals surface area contributed by atoms with E-state index >= 15 is 0 Å². The Hall–Kier alpha value is -1.69. The van der Waals surface area contributed by atoms with Gasteiger partial charge in [-0.2, -0.15) is 0 Å². The van der Waals surface area contributed by atoms with Gasteiger partial charge in [0.25, 0.3) is 0 Å². The minimum atomic E-state index is -1.20. The molecule has 0 unspecified atom stereocenters. The average Bonchev–Trinajstić information content (AvgIpc) is 2.01. The van der Waals surface area contributed by atoms with E-state index in [1.807, 2.05) is 0 Å². The SMILES string of the molecule is NN(CC(=O)O)c1ccc(F)cc1F. The summed E-state index contributed by atoms with van der Waals surface area (Å²) in [5.74, 6) is 2.40. The highest BCUT2D eigenvalue weighted by Gasteiger charge is 2.11. The number of carbonyl (C=O) groups is 1. The second kappa shape index (κ2) is 4.01. The number of benzene rings is 1. The number of hydrogen-bond acceptors (Lipinski definition) is 3. The molecule has 0 aliphatic rings. The molecule has 0 aliphatic heterocycles. The van der Waals surface area contributed by atoms with Crippen molar-refractivity contribution in [2.45, 2.75) is 0 Å². The lowest BCUT2D eigenvalue weighted by Gasteiger charge is -2.16. The fourth-order valence-corrected chi connectivity index (χ4v) is 0.945. The van der Waals surface area contributed by atoms with E-state index in [2.05, 4.69) is 0 Å². The Bertz CT molecular complexity index is 357. The van der Waals surface area contributed by atoms with Crippen LogP contribution in [0.2, 0.25) is 0 Å². The molecule has 3 N–H and O–H groups in total. The molecular formula is C8H8F2N2O2. The highest BCUT2D eigenvalue weighted by molar-refractivity contribution is 5.73. The molecule has 0 bridgehead atoms. The summed E-state index contributed by atoms with van der Waals surface area (Å²) in [4.78, 5) is 10.2. The maximum atomic E-state index is 13.0. The predicted molar refractivity (Wildman–Crippen MR) is 45.5 cm³/mol. The van der Waals surface area contributed by atoms with Crippen LogP contribution in [0.15, 0.2) is 18.2 Å². The molecule has 76 valence electrons. The number of aliphatic carboxylic acids is 1. The van der Waals surface area contributed by atoms with Gasteiger partial charge in [-0.1, -0.05) is 0 Å². The van der Waals surface area contributed by atoms with E-state index in [-0.39, 0.29) is 5.69 Å². The third-order valence-corrected chi connectivity index (χ3v) is 1.52. The summed E-state index contributed by atoms with van der Waals surface area (Å²) in [5, 5.41) is 9.06. The Kier molecular flexibility index (Phi) is 2.98. The second-order valence-electron chi connectivity index (χ2n) is 2.62. The van der Waals surface area contributed by atoms with Crippen molar-refractivity contribution >= 4 is 11.7 Å². The van der Waals surface area contributed by atoms with Crippen LogP contribution >= 0.6 is 0 Å². The highest BCUT2D eigenvalue weighted by Crippen LogP contribution is 2.17. The van der Waals surface area contributed by atoms with Crippen LogP contribution in [-0.4, -0.2) is 17.6 Å². The Labute approximate surface area is 78.5 Å². The van der Waals surface area contributed by atoms with Crippen molar-refractivity contribution in [3.05, 3.63) is 29.8 Å². The molecule has 1 aromatic carbocycles. The number of hydrogen-bond donors (Lipinski definition) is 2. The summed E-state index contributed by atoms with van der Waals surface area (Å²) >= 11 is 0. The molecule has 4 nitrogen and oxygen atoms in total. The predicted octanol–water partition coefficient (Wildman–Crippen LogP) is 0.730. The molecule has 0 spiro atoms. The van der Waals surface area contributed by atoms with Crippen LogP contribution in [0.5, 0.6) is 0 Å². The summed E-state index contributed by atoms with van der Waals surface area (Å²) in [6.45, 7) is -0.553. The molecule has 14 heavy (non-hydrogen) atoms. The van der Waals surface area contributed by atoms with Gasteiger partial charge >= 0.3 is 5.97 Å². The van der Waals surface area contributed by atoms with Gasteiger partial charge in [0.1, 0.15) is 12.4 Å². The first kappa shape index (κ1) is 10.4. The molecule has 0 atom stereocenters. The maximum absolute atomic E-state index is 13.0. The quantitative estimate of drug-likeness (QED) is 0.560. The summed E-state index contributed by atoms with van der Waals surface area (Å²) in [7, 11) is 0. The first-order chi connectivity index (χ1) is 6.50. The molecular weight excluding hydrogens is 194 g/mol. The minimum absolute atomic E-state index is 0.159. The monoisotopic (exact) mass is 202 g/mol. The van der Waals surface area contributed by atoms with Crippen molar-refractivity contribution in [2.75, 3.05) is 11.6 Å². The number of rotatable bonds is 3. The van der Waals surface area contributed by atoms with Crippen LogP contribution < -0.4 is 10.9 Å². The summed E-state index contributed by atoms with van der Waals surface area (Å²) in [6, 6.07) is 2.71. The normalized spacial score (nSPS) is 9.93. The van der Waals surface area contributed by atoms with E-state index in [0.717, 1.165) is 12.1 Å². The van der Waals surface area contributed by atoms with Crippen LogP contribution in [0.1, 0.15) is 0 Å². The number of nitrogens with two attached hydrogens (primary N) is 1. The lowest BCUT2D eigenvalue weighted by Crippen LogP contribution is -2.36. The van der Waals surface area contributed by atoms with Crippen LogP contribution in [0.3, 0.4) is 0 Å². The van der Waals surface area contributed by atoms with Crippen LogP contribution in [0.4, 0.5) is 14.5 Å².